The first-order chi connectivity index (χ1) is 18.6. The molecule has 0 atom stereocenters. The van der Waals surface area contributed by atoms with E-state index in [1.54, 1.807) is 24.9 Å². The Kier molecular flexibility index (Phi) is 8.93. The van der Waals surface area contributed by atoms with Crippen LogP contribution in [0.1, 0.15) is 36.4 Å². The third-order valence-corrected chi connectivity index (χ3v) is 6.71. The van der Waals surface area contributed by atoms with Gasteiger partial charge in [0.2, 0.25) is 5.91 Å². The standard InChI is InChI=1S/C28H36FN7O3/c1-18(2)30-10-11-35(17-27(38)34(5)36-15-22-8-9-24(29)12-23(22)16-36)26(37)14-31-25-13-21(7-6-19(25)3)28-32-20(4)33-39-28/h6-9,12-13,18,30-31H,10-11,14-17H2,1-5H3. The molecule has 0 bridgehead atoms. The highest BCUT2D eigenvalue weighted by molar-refractivity contribution is 5.87. The summed E-state index contributed by atoms with van der Waals surface area (Å²) in [6.07, 6.45) is 0. The zero-order valence-corrected chi connectivity index (χ0v) is 23.1. The molecule has 2 N–H and O–H groups in total. The Bertz CT molecular complexity index is 1330. The van der Waals surface area contributed by atoms with Crippen molar-refractivity contribution in [2.75, 3.05) is 38.5 Å². The van der Waals surface area contributed by atoms with Crippen molar-refractivity contribution < 1.29 is 18.5 Å². The number of aryl methyl sites for hydroxylation is 2. The molecule has 10 nitrogen and oxygen atoms in total. The van der Waals surface area contributed by atoms with Crippen LogP contribution < -0.4 is 10.6 Å². The van der Waals surface area contributed by atoms with Crippen molar-refractivity contribution in [2.45, 2.75) is 46.8 Å². The number of likely N-dealkylation sites (N-methyl/N-ethyl adjacent to an activating group) is 1. The van der Waals surface area contributed by atoms with E-state index >= 15 is 0 Å². The maximum Gasteiger partial charge on any atom is 0.257 e. The van der Waals surface area contributed by atoms with Crippen molar-refractivity contribution in [2.24, 2.45) is 0 Å². The van der Waals surface area contributed by atoms with Crippen LogP contribution in [0.3, 0.4) is 0 Å². The summed E-state index contributed by atoms with van der Waals surface area (Å²) in [7, 11) is 1.69. The Hall–Kier alpha value is -3.83. The molecular weight excluding hydrogens is 501 g/mol. The molecule has 1 aliphatic rings. The van der Waals surface area contributed by atoms with Crippen molar-refractivity contribution in [1.29, 1.82) is 0 Å². The first-order valence-electron chi connectivity index (χ1n) is 13.1. The quantitative estimate of drug-likeness (QED) is 0.384. The molecule has 39 heavy (non-hydrogen) atoms. The molecule has 0 fully saturated rings. The van der Waals surface area contributed by atoms with Gasteiger partial charge in [-0.1, -0.05) is 31.1 Å². The van der Waals surface area contributed by atoms with Gasteiger partial charge in [0, 0.05) is 50.5 Å². The lowest BCUT2D eigenvalue weighted by molar-refractivity contribution is -0.151. The predicted molar refractivity (Wildman–Crippen MR) is 146 cm³/mol. The summed E-state index contributed by atoms with van der Waals surface area (Å²) in [6, 6.07) is 10.6. The number of fused-ring (bicyclic) bond motifs is 1. The maximum absolute atomic E-state index is 13.6. The SMILES string of the molecule is Cc1noc(-c2ccc(C)c(NCC(=O)N(CCNC(C)C)CC(=O)N(C)N3Cc4ccc(F)cc4C3)c2)n1. The first-order valence-corrected chi connectivity index (χ1v) is 13.1. The van der Waals surface area contributed by atoms with Crippen LogP contribution in [0.25, 0.3) is 11.5 Å². The number of anilines is 1. The normalized spacial score (nSPS) is 13.0. The Morgan fingerprint density at radius 2 is 1.87 bits per heavy atom. The van der Waals surface area contributed by atoms with Crippen molar-refractivity contribution in [1.82, 2.24) is 30.4 Å². The van der Waals surface area contributed by atoms with Gasteiger partial charge in [0.25, 0.3) is 11.8 Å². The van der Waals surface area contributed by atoms with E-state index in [0.717, 1.165) is 27.9 Å². The van der Waals surface area contributed by atoms with Crippen LogP contribution in [-0.4, -0.2) is 76.1 Å². The number of benzene rings is 2. The molecule has 11 heteroatoms. The molecule has 2 heterocycles. The molecule has 3 aromatic rings. The van der Waals surface area contributed by atoms with Crippen LogP contribution >= 0.6 is 0 Å². The van der Waals surface area contributed by atoms with Gasteiger partial charge in [-0.05, 0) is 54.8 Å². The summed E-state index contributed by atoms with van der Waals surface area (Å²) < 4.78 is 18.9. The Labute approximate surface area is 228 Å². The molecular formula is C28H36FN7O3. The third kappa shape index (κ3) is 7.18. The van der Waals surface area contributed by atoms with Gasteiger partial charge in [0.05, 0.1) is 6.54 Å². The highest BCUT2D eigenvalue weighted by Gasteiger charge is 2.27. The number of hydrazine groups is 1. The van der Waals surface area contributed by atoms with E-state index in [4.69, 9.17) is 4.52 Å². The minimum absolute atomic E-state index is 0.0141. The molecule has 2 amide bonds. The molecule has 0 radical (unpaired) electrons. The zero-order valence-electron chi connectivity index (χ0n) is 23.1. The Balaban J connectivity index is 1.40. The topological polar surface area (TPSA) is 107 Å². The lowest BCUT2D eigenvalue weighted by Gasteiger charge is -2.31. The second-order valence-corrected chi connectivity index (χ2v) is 10.1. The second kappa shape index (κ2) is 12.4. The van der Waals surface area contributed by atoms with Gasteiger partial charge in [0.1, 0.15) is 12.4 Å². The molecule has 0 spiro atoms. The van der Waals surface area contributed by atoms with E-state index in [2.05, 4.69) is 20.8 Å². The Morgan fingerprint density at radius 3 is 2.59 bits per heavy atom. The van der Waals surface area contributed by atoms with Crippen LogP contribution in [0.5, 0.6) is 0 Å². The second-order valence-electron chi connectivity index (χ2n) is 10.1. The molecule has 1 aliphatic heterocycles. The van der Waals surface area contributed by atoms with Crippen LogP contribution in [-0.2, 0) is 22.7 Å². The number of hydrogen-bond donors (Lipinski definition) is 2. The lowest BCUT2D eigenvalue weighted by atomic mass is 10.1. The highest BCUT2D eigenvalue weighted by Crippen LogP contribution is 2.25. The largest absolute Gasteiger partial charge is 0.376 e. The fourth-order valence-electron chi connectivity index (χ4n) is 4.40. The summed E-state index contributed by atoms with van der Waals surface area (Å²) >= 11 is 0. The fourth-order valence-corrected chi connectivity index (χ4v) is 4.40. The van der Waals surface area contributed by atoms with Crippen molar-refractivity contribution in [3.63, 3.8) is 0 Å². The third-order valence-electron chi connectivity index (χ3n) is 6.71. The summed E-state index contributed by atoms with van der Waals surface area (Å²) in [4.78, 5) is 32.4. The lowest BCUT2D eigenvalue weighted by Crippen LogP contribution is -2.49. The summed E-state index contributed by atoms with van der Waals surface area (Å²) in [5, 5.41) is 13.7. The van der Waals surface area contributed by atoms with Gasteiger partial charge >= 0.3 is 0 Å². The van der Waals surface area contributed by atoms with Gasteiger partial charge in [-0.3, -0.25) is 14.6 Å². The zero-order chi connectivity index (χ0) is 28.1. The molecule has 1 aromatic heterocycles. The summed E-state index contributed by atoms with van der Waals surface area (Å²) in [5.41, 5.74) is 4.32. The van der Waals surface area contributed by atoms with Crippen LogP contribution in [0, 0.1) is 19.7 Å². The molecule has 0 aliphatic carbocycles. The summed E-state index contributed by atoms with van der Waals surface area (Å²) in [5.74, 6) is 0.238. The van der Waals surface area contributed by atoms with Gasteiger partial charge in [-0.2, -0.15) is 4.98 Å². The summed E-state index contributed by atoms with van der Waals surface area (Å²) in [6.45, 7) is 9.58. The van der Waals surface area contributed by atoms with E-state index < -0.39 is 0 Å². The van der Waals surface area contributed by atoms with Crippen molar-refractivity contribution in [3.8, 4) is 11.5 Å². The van der Waals surface area contributed by atoms with Gasteiger partial charge in [-0.15, -0.1) is 0 Å². The molecule has 208 valence electrons. The number of halogens is 1. The van der Waals surface area contributed by atoms with E-state index in [0.29, 0.717) is 37.9 Å². The number of carbonyl (C=O) groups is 2. The minimum Gasteiger partial charge on any atom is -0.376 e. The van der Waals surface area contributed by atoms with E-state index in [-0.39, 0.29) is 36.8 Å². The van der Waals surface area contributed by atoms with Crippen LogP contribution in [0.15, 0.2) is 40.9 Å². The van der Waals surface area contributed by atoms with E-state index in [1.807, 2.05) is 44.0 Å². The highest BCUT2D eigenvalue weighted by atomic mass is 19.1. The monoisotopic (exact) mass is 537 g/mol. The number of nitrogens with zero attached hydrogens (tertiary/aromatic N) is 5. The molecule has 0 unspecified atom stereocenters. The maximum atomic E-state index is 13.6. The first kappa shape index (κ1) is 28.2. The fraction of sp³-hybridized carbons (Fsp3) is 0.429. The molecule has 0 saturated heterocycles. The van der Waals surface area contributed by atoms with Crippen LogP contribution in [0.2, 0.25) is 0 Å². The number of carbonyl (C=O) groups excluding carboxylic acids is 2. The number of aromatic nitrogens is 2. The molecule has 2 aromatic carbocycles. The van der Waals surface area contributed by atoms with Crippen molar-refractivity contribution in [3.05, 3.63) is 64.7 Å². The van der Waals surface area contributed by atoms with Crippen molar-refractivity contribution >= 4 is 17.5 Å². The van der Waals surface area contributed by atoms with Crippen LogP contribution in [0.4, 0.5) is 10.1 Å². The number of hydrogen-bond acceptors (Lipinski definition) is 8. The number of amides is 2. The average Bonchev–Trinajstić information content (AvgIpc) is 3.52. The Morgan fingerprint density at radius 1 is 1.10 bits per heavy atom. The minimum atomic E-state index is -0.292. The smallest absolute Gasteiger partial charge is 0.257 e. The average molecular weight is 538 g/mol. The molecule has 4 rings (SSSR count). The molecule has 0 saturated carbocycles. The number of rotatable bonds is 11. The van der Waals surface area contributed by atoms with Gasteiger partial charge in [0.15, 0.2) is 5.82 Å². The van der Waals surface area contributed by atoms with E-state index in [9.17, 15) is 14.0 Å². The van der Waals surface area contributed by atoms with Gasteiger partial charge < -0.3 is 20.1 Å². The number of nitrogens with one attached hydrogen (secondary N) is 2. The van der Waals surface area contributed by atoms with Gasteiger partial charge in [-0.25, -0.2) is 9.40 Å². The predicted octanol–water partition coefficient (Wildman–Crippen LogP) is 3.12. The van der Waals surface area contributed by atoms with E-state index in [1.165, 1.54) is 17.1 Å².